The first kappa shape index (κ1) is 9.67. The summed E-state index contributed by atoms with van der Waals surface area (Å²) in [5, 5.41) is 2.57. The van der Waals surface area contributed by atoms with E-state index in [-0.39, 0.29) is 18.4 Å². The molecule has 0 bridgehead atoms. The maximum Gasteiger partial charge on any atom is 0.268 e. The van der Waals surface area contributed by atoms with E-state index in [9.17, 15) is 9.59 Å². The van der Waals surface area contributed by atoms with Crippen molar-refractivity contribution in [2.75, 3.05) is 6.61 Å². The highest BCUT2D eigenvalue weighted by Gasteiger charge is 2.27. The fraction of sp³-hybridized carbons (Fsp3) is 0.200. The van der Waals surface area contributed by atoms with Crippen molar-refractivity contribution in [3.8, 4) is 0 Å². The van der Waals surface area contributed by atoms with Crippen molar-refractivity contribution in [3.63, 3.8) is 0 Å². The van der Waals surface area contributed by atoms with Crippen LogP contribution in [0.25, 0.3) is 0 Å². The van der Waals surface area contributed by atoms with Crippen LogP contribution in [0.3, 0.4) is 0 Å². The Morgan fingerprint density at radius 3 is 2.73 bits per heavy atom. The second-order valence-electron chi connectivity index (χ2n) is 3.17. The van der Waals surface area contributed by atoms with Crippen LogP contribution in [0.2, 0.25) is 0 Å². The third-order valence-electron chi connectivity index (χ3n) is 2.08. The van der Waals surface area contributed by atoms with Gasteiger partial charge in [0.05, 0.1) is 0 Å². The van der Waals surface area contributed by atoms with Gasteiger partial charge in [0, 0.05) is 5.56 Å². The molecule has 1 atom stereocenters. The molecule has 1 aromatic rings. The molecule has 2 amide bonds. The summed E-state index contributed by atoms with van der Waals surface area (Å²) in [7, 11) is 0. The predicted molar refractivity (Wildman–Crippen MR) is 51.8 cm³/mol. The number of benzene rings is 1. The van der Waals surface area contributed by atoms with Gasteiger partial charge in [0.15, 0.2) is 0 Å². The minimum absolute atomic E-state index is 0.164. The fourth-order valence-electron chi connectivity index (χ4n) is 1.28. The first-order valence-corrected chi connectivity index (χ1v) is 4.55. The van der Waals surface area contributed by atoms with E-state index < -0.39 is 6.04 Å². The smallest absolute Gasteiger partial charge is 0.268 e. The van der Waals surface area contributed by atoms with E-state index in [0.717, 1.165) is 0 Å². The zero-order valence-corrected chi connectivity index (χ0v) is 7.90. The average Bonchev–Trinajstić information content (AvgIpc) is 2.66. The van der Waals surface area contributed by atoms with E-state index in [0.29, 0.717) is 5.56 Å². The third kappa shape index (κ3) is 2.13. The highest BCUT2D eigenvalue weighted by atomic mass is 16.7. The summed E-state index contributed by atoms with van der Waals surface area (Å²) in [6.45, 7) is 0.164. The van der Waals surface area contributed by atoms with Crippen LogP contribution in [0.4, 0.5) is 0 Å². The lowest BCUT2D eigenvalue weighted by molar-refractivity contribution is -0.125. The number of carbonyl (C=O) groups excluding carboxylic acids is 2. The average molecular weight is 206 g/mol. The topological polar surface area (TPSA) is 67.4 Å². The maximum atomic E-state index is 11.6. The van der Waals surface area contributed by atoms with Gasteiger partial charge in [-0.15, -0.1) is 0 Å². The lowest BCUT2D eigenvalue weighted by Crippen LogP contribution is -2.41. The number of rotatable bonds is 2. The van der Waals surface area contributed by atoms with Crippen LogP contribution in [-0.4, -0.2) is 24.5 Å². The summed E-state index contributed by atoms with van der Waals surface area (Å²) < 4.78 is 0. The summed E-state index contributed by atoms with van der Waals surface area (Å²) in [4.78, 5) is 27.4. The Morgan fingerprint density at radius 2 is 2.13 bits per heavy atom. The summed E-state index contributed by atoms with van der Waals surface area (Å²) in [6.07, 6.45) is 0. The van der Waals surface area contributed by atoms with Crippen LogP contribution in [0.1, 0.15) is 10.4 Å². The van der Waals surface area contributed by atoms with Crippen molar-refractivity contribution in [2.45, 2.75) is 6.04 Å². The van der Waals surface area contributed by atoms with E-state index in [1.54, 1.807) is 24.3 Å². The molecule has 15 heavy (non-hydrogen) atoms. The molecule has 5 nitrogen and oxygen atoms in total. The SMILES string of the molecule is O=C(NC1CONC1=O)c1ccccc1. The molecule has 0 aliphatic carbocycles. The van der Waals surface area contributed by atoms with E-state index >= 15 is 0 Å². The quantitative estimate of drug-likeness (QED) is 0.707. The van der Waals surface area contributed by atoms with Gasteiger partial charge in [-0.1, -0.05) is 18.2 Å². The van der Waals surface area contributed by atoms with Crippen molar-refractivity contribution in [2.24, 2.45) is 0 Å². The monoisotopic (exact) mass is 206 g/mol. The highest BCUT2D eigenvalue weighted by molar-refractivity contribution is 5.97. The molecule has 1 aromatic carbocycles. The summed E-state index contributed by atoms with van der Waals surface area (Å²) in [5.74, 6) is -0.597. The van der Waals surface area contributed by atoms with Crippen molar-refractivity contribution < 1.29 is 14.4 Å². The van der Waals surface area contributed by atoms with Gasteiger partial charge in [-0.05, 0) is 12.1 Å². The van der Waals surface area contributed by atoms with Crippen molar-refractivity contribution in [1.82, 2.24) is 10.8 Å². The van der Waals surface area contributed by atoms with E-state index in [1.165, 1.54) is 0 Å². The third-order valence-corrected chi connectivity index (χ3v) is 2.08. The van der Waals surface area contributed by atoms with Gasteiger partial charge in [-0.2, -0.15) is 0 Å². The van der Waals surface area contributed by atoms with Crippen LogP contribution in [0.5, 0.6) is 0 Å². The highest BCUT2D eigenvalue weighted by Crippen LogP contribution is 2.01. The fourth-order valence-corrected chi connectivity index (χ4v) is 1.28. The molecule has 1 saturated heterocycles. The number of nitrogens with one attached hydrogen (secondary N) is 2. The number of hydrogen-bond acceptors (Lipinski definition) is 3. The largest absolute Gasteiger partial charge is 0.338 e. The molecule has 1 aliphatic rings. The minimum Gasteiger partial charge on any atom is -0.338 e. The van der Waals surface area contributed by atoms with Gasteiger partial charge >= 0.3 is 0 Å². The lowest BCUT2D eigenvalue weighted by Gasteiger charge is -2.07. The number of amides is 2. The Morgan fingerprint density at radius 1 is 1.40 bits per heavy atom. The normalized spacial score (nSPS) is 19.7. The molecular formula is C10H10N2O3. The van der Waals surface area contributed by atoms with Crippen molar-refractivity contribution in [3.05, 3.63) is 35.9 Å². The summed E-state index contributed by atoms with van der Waals surface area (Å²) in [5.41, 5.74) is 2.70. The zero-order valence-electron chi connectivity index (χ0n) is 7.90. The predicted octanol–water partition coefficient (Wildman–Crippen LogP) is -0.154. The van der Waals surface area contributed by atoms with Crippen molar-refractivity contribution in [1.29, 1.82) is 0 Å². The van der Waals surface area contributed by atoms with Gasteiger partial charge < -0.3 is 5.32 Å². The van der Waals surface area contributed by atoms with Crippen LogP contribution in [0, 0.1) is 0 Å². The molecule has 2 N–H and O–H groups in total. The molecule has 1 heterocycles. The lowest BCUT2D eigenvalue weighted by atomic mass is 10.2. The summed E-state index contributed by atoms with van der Waals surface area (Å²) >= 11 is 0. The zero-order chi connectivity index (χ0) is 10.7. The maximum absolute atomic E-state index is 11.6. The molecular weight excluding hydrogens is 196 g/mol. The molecule has 0 spiro atoms. The van der Waals surface area contributed by atoms with E-state index in [2.05, 4.69) is 10.8 Å². The molecule has 1 fully saturated rings. The number of hydrogen-bond donors (Lipinski definition) is 2. The molecule has 5 heteroatoms. The van der Waals surface area contributed by atoms with Gasteiger partial charge in [0.25, 0.3) is 11.8 Å². The Bertz CT molecular complexity index is 378. The number of carbonyl (C=O) groups is 2. The van der Waals surface area contributed by atoms with Crippen LogP contribution in [0.15, 0.2) is 30.3 Å². The van der Waals surface area contributed by atoms with E-state index in [4.69, 9.17) is 4.84 Å². The second-order valence-corrected chi connectivity index (χ2v) is 3.17. The summed E-state index contributed by atoms with van der Waals surface area (Å²) in [6, 6.07) is 8.12. The molecule has 2 rings (SSSR count). The molecule has 0 radical (unpaired) electrons. The first-order valence-electron chi connectivity index (χ1n) is 4.55. The van der Waals surface area contributed by atoms with Crippen molar-refractivity contribution >= 4 is 11.8 Å². The minimum atomic E-state index is -0.599. The van der Waals surface area contributed by atoms with Crippen LogP contribution >= 0.6 is 0 Å². The van der Waals surface area contributed by atoms with Crippen LogP contribution < -0.4 is 10.8 Å². The molecule has 78 valence electrons. The Hall–Kier alpha value is -1.88. The Balaban J connectivity index is 2.01. The van der Waals surface area contributed by atoms with Crippen LogP contribution in [-0.2, 0) is 9.63 Å². The van der Waals surface area contributed by atoms with Gasteiger partial charge in [0.1, 0.15) is 12.6 Å². The standard InChI is InChI=1S/C10H10N2O3/c13-9(7-4-2-1-3-5-7)11-8-6-15-12-10(8)14/h1-5,8H,6H2,(H,11,13)(H,12,14). The molecule has 0 saturated carbocycles. The molecule has 1 aliphatic heterocycles. The number of hydroxylamine groups is 1. The van der Waals surface area contributed by atoms with Gasteiger partial charge in [0.2, 0.25) is 0 Å². The first-order chi connectivity index (χ1) is 7.27. The van der Waals surface area contributed by atoms with E-state index in [1.807, 2.05) is 6.07 Å². The Labute approximate surface area is 86.4 Å². The molecule has 1 unspecified atom stereocenters. The molecule has 0 aromatic heterocycles. The van der Waals surface area contributed by atoms with Gasteiger partial charge in [-0.25, -0.2) is 5.48 Å². The second kappa shape index (κ2) is 4.10. The van der Waals surface area contributed by atoms with Gasteiger partial charge in [-0.3, -0.25) is 14.4 Å². The Kier molecular flexibility index (Phi) is 2.64.